The molecular weight excluding hydrogens is 252 g/mol. The molecule has 0 aromatic heterocycles. The van der Waals surface area contributed by atoms with Crippen LogP contribution in [0.25, 0.3) is 0 Å². The molecule has 0 saturated carbocycles. The zero-order chi connectivity index (χ0) is 14.3. The van der Waals surface area contributed by atoms with Crippen LogP contribution in [0.15, 0.2) is 24.3 Å². The molecule has 0 spiro atoms. The van der Waals surface area contributed by atoms with Crippen molar-refractivity contribution in [2.45, 2.75) is 6.42 Å². The Balaban J connectivity index is 2.46. The number of hydrogen-bond acceptors (Lipinski definition) is 6. The summed E-state index contributed by atoms with van der Waals surface area (Å²) in [6.07, 6.45) is 1.32. The highest BCUT2D eigenvalue weighted by atomic mass is 16.6. The summed E-state index contributed by atoms with van der Waals surface area (Å²) in [6.45, 7) is 0.215. The molecule has 0 unspecified atom stereocenters. The van der Waals surface area contributed by atoms with E-state index in [-0.39, 0.29) is 12.3 Å². The molecule has 1 rings (SSSR count). The van der Waals surface area contributed by atoms with Crippen LogP contribution in [0.5, 0.6) is 5.75 Å². The zero-order valence-electron chi connectivity index (χ0n) is 10.4. The summed E-state index contributed by atoms with van der Waals surface area (Å²) >= 11 is 0. The van der Waals surface area contributed by atoms with Gasteiger partial charge < -0.3 is 14.9 Å². The zero-order valence-corrected chi connectivity index (χ0v) is 10.4. The standard InChI is InChI=1S/C12H14N2O5/c1-18-12(15)9(8-13)6-7-19-11-4-2-10(3-5-11)14(16)17/h2-5,8-9,13H,6-7H2,1H3/t9-/m0/s1. The molecule has 0 radical (unpaired) electrons. The molecule has 1 atom stereocenters. The van der Waals surface area contributed by atoms with Gasteiger partial charge in [-0.25, -0.2) is 0 Å². The number of nitrogens with one attached hydrogen (secondary N) is 1. The number of carbonyl (C=O) groups excluding carboxylic acids is 1. The predicted molar refractivity (Wildman–Crippen MR) is 67.5 cm³/mol. The summed E-state index contributed by atoms with van der Waals surface area (Å²) in [5.41, 5.74) is -0.0146. The first-order valence-electron chi connectivity index (χ1n) is 5.54. The molecule has 0 amide bonds. The summed E-state index contributed by atoms with van der Waals surface area (Å²) in [4.78, 5) is 21.2. The fourth-order valence-electron chi connectivity index (χ4n) is 1.39. The van der Waals surface area contributed by atoms with Crippen LogP contribution in [-0.2, 0) is 9.53 Å². The van der Waals surface area contributed by atoms with Gasteiger partial charge in [0.2, 0.25) is 0 Å². The molecule has 1 aromatic carbocycles. The van der Waals surface area contributed by atoms with Crippen molar-refractivity contribution in [1.82, 2.24) is 0 Å². The van der Waals surface area contributed by atoms with Crippen molar-refractivity contribution in [1.29, 1.82) is 5.41 Å². The Kier molecular flexibility index (Phi) is 5.46. The molecule has 1 N–H and O–H groups in total. The lowest BCUT2D eigenvalue weighted by atomic mass is 10.1. The van der Waals surface area contributed by atoms with Crippen LogP contribution >= 0.6 is 0 Å². The lowest BCUT2D eigenvalue weighted by Crippen LogP contribution is -2.19. The smallest absolute Gasteiger partial charge is 0.314 e. The minimum Gasteiger partial charge on any atom is -0.494 e. The van der Waals surface area contributed by atoms with Gasteiger partial charge in [-0.2, -0.15) is 0 Å². The average Bonchev–Trinajstić information content (AvgIpc) is 2.43. The van der Waals surface area contributed by atoms with Crippen molar-refractivity contribution < 1.29 is 19.2 Å². The molecule has 7 heteroatoms. The first kappa shape index (κ1) is 14.6. The molecule has 0 aliphatic carbocycles. The van der Waals surface area contributed by atoms with Gasteiger partial charge in [-0.05, 0) is 18.6 Å². The quantitative estimate of drug-likeness (QED) is 0.351. The normalized spacial score (nSPS) is 11.4. The number of carbonyl (C=O) groups is 1. The number of rotatable bonds is 7. The largest absolute Gasteiger partial charge is 0.494 e. The van der Waals surface area contributed by atoms with Crippen LogP contribution in [-0.4, -0.2) is 30.8 Å². The maximum atomic E-state index is 11.2. The highest BCUT2D eigenvalue weighted by Crippen LogP contribution is 2.17. The van der Waals surface area contributed by atoms with E-state index in [0.717, 1.165) is 6.21 Å². The number of nitro benzene ring substituents is 1. The number of nitro groups is 1. The van der Waals surface area contributed by atoms with E-state index in [0.29, 0.717) is 12.2 Å². The van der Waals surface area contributed by atoms with Gasteiger partial charge in [0.1, 0.15) is 5.75 Å². The molecule has 0 aliphatic rings. The van der Waals surface area contributed by atoms with E-state index >= 15 is 0 Å². The Morgan fingerprint density at radius 1 is 1.47 bits per heavy atom. The highest BCUT2D eigenvalue weighted by molar-refractivity contribution is 5.88. The predicted octanol–water partition coefficient (Wildman–Crippen LogP) is 1.80. The summed E-state index contributed by atoms with van der Waals surface area (Å²) in [6, 6.07) is 5.64. The third-order valence-corrected chi connectivity index (χ3v) is 2.45. The fourth-order valence-corrected chi connectivity index (χ4v) is 1.39. The van der Waals surface area contributed by atoms with E-state index in [1.807, 2.05) is 0 Å². The highest BCUT2D eigenvalue weighted by Gasteiger charge is 2.16. The molecular formula is C12H14N2O5. The monoisotopic (exact) mass is 266 g/mol. The van der Waals surface area contributed by atoms with E-state index in [9.17, 15) is 14.9 Å². The molecule has 0 fully saturated rings. The van der Waals surface area contributed by atoms with Gasteiger partial charge in [0.05, 0.1) is 24.6 Å². The van der Waals surface area contributed by atoms with Gasteiger partial charge >= 0.3 is 5.97 Å². The van der Waals surface area contributed by atoms with Crippen molar-refractivity contribution in [3.05, 3.63) is 34.4 Å². The minimum absolute atomic E-state index is 0.0146. The van der Waals surface area contributed by atoms with Crippen LogP contribution in [0, 0.1) is 21.4 Å². The minimum atomic E-state index is -0.636. The van der Waals surface area contributed by atoms with Crippen LogP contribution < -0.4 is 4.74 Å². The van der Waals surface area contributed by atoms with Crippen molar-refractivity contribution in [2.24, 2.45) is 5.92 Å². The summed E-state index contributed by atoms with van der Waals surface area (Å²) in [7, 11) is 1.26. The van der Waals surface area contributed by atoms with Gasteiger partial charge in [0, 0.05) is 18.3 Å². The van der Waals surface area contributed by atoms with Crippen LogP contribution in [0.2, 0.25) is 0 Å². The van der Waals surface area contributed by atoms with Crippen molar-refractivity contribution in [2.75, 3.05) is 13.7 Å². The Hall–Kier alpha value is -2.44. The number of hydrogen-bond donors (Lipinski definition) is 1. The Morgan fingerprint density at radius 3 is 2.58 bits per heavy atom. The lowest BCUT2D eigenvalue weighted by Gasteiger charge is -2.10. The molecule has 0 aliphatic heterocycles. The average molecular weight is 266 g/mol. The van der Waals surface area contributed by atoms with E-state index in [1.54, 1.807) is 0 Å². The number of nitrogens with zero attached hydrogens (tertiary/aromatic N) is 1. The Bertz CT molecular complexity index is 458. The number of non-ortho nitro benzene ring substituents is 1. The van der Waals surface area contributed by atoms with Crippen LogP contribution in [0.3, 0.4) is 0 Å². The van der Waals surface area contributed by atoms with Crippen molar-refractivity contribution >= 4 is 17.9 Å². The number of methoxy groups -OCH3 is 1. The lowest BCUT2D eigenvalue weighted by molar-refractivity contribution is -0.384. The van der Waals surface area contributed by atoms with Gasteiger partial charge in [0.25, 0.3) is 5.69 Å². The van der Waals surface area contributed by atoms with E-state index in [1.165, 1.54) is 31.4 Å². The van der Waals surface area contributed by atoms with Gasteiger partial charge in [0.15, 0.2) is 0 Å². The molecule has 0 bridgehead atoms. The van der Waals surface area contributed by atoms with Gasteiger partial charge in [-0.3, -0.25) is 14.9 Å². The number of ether oxygens (including phenoxy) is 2. The Morgan fingerprint density at radius 2 is 2.11 bits per heavy atom. The summed E-state index contributed by atoms with van der Waals surface area (Å²) in [5, 5.41) is 17.5. The molecule has 19 heavy (non-hydrogen) atoms. The van der Waals surface area contributed by atoms with Crippen LogP contribution in [0.4, 0.5) is 5.69 Å². The maximum absolute atomic E-state index is 11.2. The van der Waals surface area contributed by atoms with E-state index < -0.39 is 16.8 Å². The molecule has 102 valence electrons. The van der Waals surface area contributed by atoms with E-state index in [4.69, 9.17) is 10.1 Å². The maximum Gasteiger partial charge on any atom is 0.314 e. The van der Waals surface area contributed by atoms with Gasteiger partial charge in [-0.1, -0.05) is 0 Å². The summed E-state index contributed by atoms with van der Waals surface area (Å²) < 4.78 is 9.86. The second-order valence-electron chi connectivity index (χ2n) is 3.68. The van der Waals surface area contributed by atoms with Crippen LogP contribution in [0.1, 0.15) is 6.42 Å². The molecule has 7 nitrogen and oxygen atoms in total. The van der Waals surface area contributed by atoms with E-state index in [2.05, 4.69) is 4.74 Å². The second kappa shape index (κ2) is 7.10. The fraction of sp³-hybridized carbons (Fsp3) is 0.333. The first-order chi connectivity index (χ1) is 9.08. The molecule has 1 aromatic rings. The second-order valence-corrected chi connectivity index (χ2v) is 3.68. The molecule has 0 heterocycles. The Labute approximate surface area is 109 Å². The third kappa shape index (κ3) is 4.38. The SMILES string of the molecule is COC(=O)[C@H](C=N)CCOc1ccc([N+](=O)[O-])cc1. The van der Waals surface area contributed by atoms with Crippen molar-refractivity contribution in [3.8, 4) is 5.75 Å². The van der Waals surface area contributed by atoms with Crippen molar-refractivity contribution in [3.63, 3.8) is 0 Å². The number of esters is 1. The molecule has 0 saturated heterocycles. The first-order valence-corrected chi connectivity index (χ1v) is 5.54. The topological polar surface area (TPSA) is 103 Å². The summed E-state index contributed by atoms with van der Waals surface area (Å²) in [5.74, 6) is -0.649. The third-order valence-electron chi connectivity index (χ3n) is 2.45. The van der Waals surface area contributed by atoms with Gasteiger partial charge in [-0.15, -0.1) is 0 Å². The number of benzene rings is 1.